The number of carboxylic acid groups (broad SMARTS) is 2. The summed E-state index contributed by atoms with van der Waals surface area (Å²) in [4.78, 5) is 69.2. The number of primary amides is 1. The highest BCUT2D eigenvalue weighted by Crippen LogP contribution is 2.05. The Morgan fingerprint density at radius 1 is 0.900 bits per heavy atom. The number of nitrogens with one attached hydrogen (secondary N) is 3. The van der Waals surface area contributed by atoms with E-state index in [2.05, 4.69) is 16.0 Å². The fraction of sp³-hybridized carbons (Fsp3) is 0.625. The lowest BCUT2D eigenvalue weighted by atomic mass is 10.1. The zero-order valence-corrected chi connectivity index (χ0v) is 17.2. The maximum absolute atomic E-state index is 12.6. The van der Waals surface area contributed by atoms with E-state index in [-0.39, 0.29) is 19.3 Å². The number of nitrogens with two attached hydrogens (primary N) is 2. The molecule has 0 aliphatic rings. The zero-order chi connectivity index (χ0) is 23.3. The van der Waals surface area contributed by atoms with Crippen LogP contribution in [0.2, 0.25) is 0 Å². The van der Waals surface area contributed by atoms with Gasteiger partial charge in [0.2, 0.25) is 23.6 Å². The van der Waals surface area contributed by atoms with E-state index in [1.54, 1.807) is 6.26 Å². The van der Waals surface area contributed by atoms with Crippen molar-refractivity contribution in [1.82, 2.24) is 16.0 Å². The van der Waals surface area contributed by atoms with Crippen LogP contribution in [0.1, 0.15) is 25.7 Å². The van der Waals surface area contributed by atoms with Gasteiger partial charge in [-0.3, -0.25) is 28.8 Å². The van der Waals surface area contributed by atoms with Gasteiger partial charge in [-0.15, -0.1) is 0 Å². The molecule has 30 heavy (non-hydrogen) atoms. The Balaban J connectivity index is 5.27. The van der Waals surface area contributed by atoms with Crippen LogP contribution >= 0.6 is 11.8 Å². The molecule has 4 amide bonds. The summed E-state index contributed by atoms with van der Waals surface area (Å²) in [6, 6.07) is -3.84. The average molecular weight is 449 g/mol. The Bertz CT molecular complexity index is 660. The van der Waals surface area contributed by atoms with E-state index in [1.165, 1.54) is 11.8 Å². The smallest absolute Gasteiger partial charge is 0.322 e. The Hall–Kier alpha value is -2.87. The van der Waals surface area contributed by atoms with Crippen LogP contribution in [0, 0.1) is 0 Å². The van der Waals surface area contributed by atoms with Crippen LogP contribution in [-0.2, 0) is 28.8 Å². The molecule has 9 N–H and O–H groups in total. The molecule has 0 bridgehead atoms. The maximum Gasteiger partial charge on any atom is 0.322 e. The molecule has 0 rings (SSSR count). The summed E-state index contributed by atoms with van der Waals surface area (Å²) < 4.78 is 0. The summed E-state index contributed by atoms with van der Waals surface area (Å²) in [5.41, 5.74) is 10.5. The molecule has 0 heterocycles. The molecule has 3 unspecified atom stereocenters. The number of carbonyl (C=O) groups excluding carboxylic acids is 4. The van der Waals surface area contributed by atoms with Gasteiger partial charge in [-0.1, -0.05) is 0 Å². The van der Waals surface area contributed by atoms with Crippen molar-refractivity contribution in [2.45, 2.75) is 43.8 Å². The van der Waals surface area contributed by atoms with Crippen molar-refractivity contribution >= 4 is 47.3 Å². The molecule has 0 fully saturated rings. The fourth-order valence-electron chi connectivity index (χ4n) is 2.18. The molecule has 3 atom stereocenters. The lowest BCUT2D eigenvalue weighted by Gasteiger charge is -2.23. The Kier molecular flexibility index (Phi) is 12.8. The summed E-state index contributed by atoms with van der Waals surface area (Å²) in [5.74, 6) is -5.35. The fourth-order valence-corrected chi connectivity index (χ4v) is 2.65. The van der Waals surface area contributed by atoms with Gasteiger partial charge in [0.05, 0.1) is 12.5 Å². The van der Waals surface area contributed by atoms with E-state index in [0.29, 0.717) is 5.75 Å². The average Bonchev–Trinajstić information content (AvgIpc) is 2.65. The quantitative estimate of drug-likeness (QED) is 0.134. The molecule has 0 aromatic heterocycles. The third kappa shape index (κ3) is 11.9. The van der Waals surface area contributed by atoms with Crippen molar-refractivity contribution in [3.63, 3.8) is 0 Å². The van der Waals surface area contributed by atoms with Gasteiger partial charge < -0.3 is 37.6 Å². The van der Waals surface area contributed by atoms with Crippen molar-refractivity contribution in [3.05, 3.63) is 0 Å². The molecule has 0 aliphatic heterocycles. The molecule has 13 nitrogen and oxygen atoms in total. The first kappa shape index (κ1) is 27.1. The number of aliphatic carboxylic acids is 2. The van der Waals surface area contributed by atoms with Crippen LogP contribution in [-0.4, -0.2) is 82.5 Å². The predicted molar refractivity (Wildman–Crippen MR) is 106 cm³/mol. The van der Waals surface area contributed by atoms with E-state index in [0.717, 1.165) is 0 Å². The number of hydrogen-bond acceptors (Lipinski definition) is 8. The summed E-state index contributed by atoms with van der Waals surface area (Å²) in [6.07, 6.45) is 0.789. The monoisotopic (exact) mass is 449 g/mol. The molecule has 14 heteroatoms. The minimum absolute atomic E-state index is 0.174. The first-order chi connectivity index (χ1) is 14.0. The summed E-state index contributed by atoms with van der Waals surface area (Å²) in [5, 5.41) is 24.2. The molecule has 0 aromatic carbocycles. The SMILES string of the molecule is CSCCC(NC(=O)C(CCC(N)=O)NC(=O)C(N)CC(=O)O)C(=O)NCC(=O)O. The van der Waals surface area contributed by atoms with Crippen LogP contribution in [0.5, 0.6) is 0 Å². The Morgan fingerprint density at radius 2 is 1.47 bits per heavy atom. The minimum atomic E-state index is -1.43. The second-order valence-corrected chi connectivity index (χ2v) is 7.21. The minimum Gasteiger partial charge on any atom is -0.481 e. The molecule has 0 saturated carbocycles. The second kappa shape index (κ2) is 14.2. The van der Waals surface area contributed by atoms with Crippen molar-refractivity contribution in [2.75, 3.05) is 18.6 Å². The molecule has 0 spiro atoms. The summed E-state index contributed by atoms with van der Waals surface area (Å²) >= 11 is 1.39. The van der Waals surface area contributed by atoms with Gasteiger partial charge in [0.25, 0.3) is 0 Å². The first-order valence-corrected chi connectivity index (χ1v) is 10.2. The standard InChI is InChI=1S/C16H27N5O8S/c1-30-5-4-10(15(28)19-7-13(25)26)21-16(29)9(2-3-11(18)22)20-14(27)8(17)6-12(23)24/h8-10H,2-7,17H2,1H3,(H2,18,22)(H,19,28)(H,20,27)(H,21,29)(H,23,24)(H,25,26). The summed E-state index contributed by atoms with van der Waals surface area (Å²) in [6.45, 7) is -0.643. The van der Waals surface area contributed by atoms with Gasteiger partial charge in [-0.2, -0.15) is 11.8 Å². The molecule has 0 aromatic rings. The van der Waals surface area contributed by atoms with E-state index in [9.17, 15) is 28.8 Å². The maximum atomic E-state index is 12.6. The van der Waals surface area contributed by atoms with Crippen molar-refractivity contribution in [1.29, 1.82) is 0 Å². The van der Waals surface area contributed by atoms with Gasteiger partial charge in [-0.05, 0) is 24.9 Å². The van der Waals surface area contributed by atoms with Crippen LogP contribution in [0.25, 0.3) is 0 Å². The Labute approximate surface area is 176 Å². The highest BCUT2D eigenvalue weighted by Gasteiger charge is 2.28. The van der Waals surface area contributed by atoms with Gasteiger partial charge in [0, 0.05) is 6.42 Å². The lowest BCUT2D eigenvalue weighted by Crippen LogP contribution is -2.56. The number of thioether (sulfide) groups is 1. The highest BCUT2D eigenvalue weighted by molar-refractivity contribution is 7.98. The van der Waals surface area contributed by atoms with E-state index >= 15 is 0 Å². The molecular weight excluding hydrogens is 422 g/mol. The Morgan fingerprint density at radius 3 is 1.97 bits per heavy atom. The van der Waals surface area contributed by atoms with Gasteiger partial charge in [-0.25, -0.2) is 0 Å². The zero-order valence-electron chi connectivity index (χ0n) is 16.4. The first-order valence-electron chi connectivity index (χ1n) is 8.82. The van der Waals surface area contributed by atoms with Gasteiger partial charge in [0.15, 0.2) is 0 Å². The van der Waals surface area contributed by atoms with E-state index in [1.807, 2.05) is 0 Å². The number of amides is 4. The predicted octanol–water partition coefficient (Wildman–Crippen LogP) is -3.02. The third-order valence-electron chi connectivity index (χ3n) is 3.70. The van der Waals surface area contributed by atoms with E-state index in [4.69, 9.17) is 21.7 Å². The lowest BCUT2D eigenvalue weighted by molar-refractivity contribution is -0.139. The molecule has 0 aliphatic carbocycles. The third-order valence-corrected chi connectivity index (χ3v) is 4.35. The van der Waals surface area contributed by atoms with Crippen molar-refractivity contribution < 1.29 is 39.0 Å². The topological polar surface area (TPSA) is 231 Å². The number of carboxylic acids is 2. The number of hydrogen-bond donors (Lipinski definition) is 7. The molecule has 0 saturated heterocycles. The highest BCUT2D eigenvalue weighted by atomic mass is 32.2. The van der Waals surface area contributed by atoms with Crippen molar-refractivity contribution in [2.24, 2.45) is 11.5 Å². The molecule has 170 valence electrons. The molecular formula is C16H27N5O8S. The molecule has 0 radical (unpaired) electrons. The van der Waals surface area contributed by atoms with Crippen LogP contribution in [0.4, 0.5) is 0 Å². The van der Waals surface area contributed by atoms with E-state index < -0.39 is 66.7 Å². The normalized spacial score (nSPS) is 13.4. The number of carbonyl (C=O) groups is 6. The van der Waals surface area contributed by atoms with Crippen LogP contribution in [0.15, 0.2) is 0 Å². The van der Waals surface area contributed by atoms with Gasteiger partial charge >= 0.3 is 11.9 Å². The van der Waals surface area contributed by atoms with Crippen molar-refractivity contribution in [3.8, 4) is 0 Å². The second-order valence-electron chi connectivity index (χ2n) is 6.22. The largest absolute Gasteiger partial charge is 0.481 e. The summed E-state index contributed by atoms with van der Waals surface area (Å²) in [7, 11) is 0. The number of rotatable bonds is 15. The van der Waals surface area contributed by atoms with Crippen LogP contribution in [0.3, 0.4) is 0 Å². The van der Waals surface area contributed by atoms with Gasteiger partial charge in [0.1, 0.15) is 18.6 Å². The van der Waals surface area contributed by atoms with Crippen LogP contribution < -0.4 is 27.4 Å².